The Balaban J connectivity index is 1.48. The molecule has 136 valence electrons. The maximum absolute atomic E-state index is 12.4. The van der Waals surface area contributed by atoms with Gasteiger partial charge in [0.2, 0.25) is 5.91 Å². The number of carbonyl (C=O) groups is 2. The molecule has 2 aliphatic heterocycles. The highest BCUT2D eigenvalue weighted by Gasteiger charge is 2.23. The minimum atomic E-state index is -0.155. The van der Waals surface area contributed by atoms with E-state index in [0.717, 1.165) is 45.3 Å². The fraction of sp³-hybridized carbons (Fsp3) is 0.579. The van der Waals surface area contributed by atoms with Gasteiger partial charge in [0.15, 0.2) is 0 Å². The Morgan fingerprint density at radius 2 is 2.04 bits per heavy atom. The highest BCUT2D eigenvalue weighted by molar-refractivity contribution is 5.84. The molecule has 1 saturated heterocycles. The molecule has 2 aliphatic rings. The number of carbonyl (C=O) groups excluding carboxylic acids is 2. The molecule has 0 saturated carbocycles. The molecule has 1 unspecified atom stereocenters. The summed E-state index contributed by atoms with van der Waals surface area (Å²) in [5.41, 5.74) is 2.52. The van der Waals surface area contributed by atoms with Gasteiger partial charge in [-0.3, -0.25) is 4.79 Å². The maximum atomic E-state index is 12.4. The summed E-state index contributed by atoms with van der Waals surface area (Å²) in [5, 5.41) is 6.15. The minimum absolute atomic E-state index is 0.0150. The molecular weight excluding hydrogens is 316 g/mol. The highest BCUT2D eigenvalue weighted by atomic mass is 16.2. The topological polar surface area (TPSA) is 64.7 Å². The molecule has 1 atom stereocenters. The molecule has 6 heteroatoms. The Bertz CT molecular complexity index is 611. The van der Waals surface area contributed by atoms with Crippen LogP contribution in [0.15, 0.2) is 24.3 Å². The van der Waals surface area contributed by atoms with Crippen molar-refractivity contribution in [3.8, 4) is 0 Å². The lowest BCUT2D eigenvalue weighted by Gasteiger charge is -2.30. The van der Waals surface area contributed by atoms with Crippen LogP contribution in [0.5, 0.6) is 0 Å². The van der Waals surface area contributed by atoms with Crippen molar-refractivity contribution in [1.29, 1.82) is 0 Å². The Hall–Kier alpha value is -2.08. The number of hydrogen-bond acceptors (Lipinski definition) is 3. The third-order valence-electron chi connectivity index (χ3n) is 5.29. The predicted octanol–water partition coefficient (Wildman–Crippen LogP) is 1.35. The second-order valence-corrected chi connectivity index (χ2v) is 6.94. The van der Waals surface area contributed by atoms with Crippen LogP contribution in [0.3, 0.4) is 0 Å². The molecule has 2 heterocycles. The van der Waals surface area contributed by atoms with Crippen molar-refractivity contribution < 1.29 is 9.59 Å². The van der Waals surface area contributed by atoms with Gasteiger partial charge in [0, 0.05) is 26.2 Å². The Morgan fingerprint density at radius 3 is 2.88 bits per heavy atom. The minimum Gasteiger partial charge on any atom is -0.336 e. The lowest BCUT2D eigenvalue weighted by Crippen LogP contribution is -2.48. The molecule has 0 radical (unpaired) electrons. The molecule has 1 aromatic carbocycles. The van der Waals surface area contributed by atoms with E-state index in [0.29, 0.717) is 6.54 Å². The number of amides is 3. The first-order chi connectivity index (χ1) is 12.1. The van der Waals surface area contributed by atoms with Gasteiger partial charge in [-0.05, 0) is 49.9 Å². The smallest absolute Gasteiger partial charge is 0.317 e. The molecule has 0 spiro atoms. The van der Waals surface area contributed by atoms with Gasteiger partial charge in [-0.15, -0.1) is 0 Å². The van der Waals surface area contributed by atoms with Crippen LogP contribution in [0.2, 0.25) is 0 Å². The van der Waals surface area contributed by atoms with Crippen molar-refractivity contribution in [2.45, 2.75) is 38.3 Å². The lowest BCUT2D eigenvalue weighted by molar-refractivity contribution is -0.131. The molecule has 0 aromatic heterocycles. The summed E-state index contributed by atoms with van der Waals surface area (Å²) in [6, 6.07) is 8.32. The van der Waals surface area contributed by atoms with Crippen LogP contribution in [-0.4, -0.2) is 61.0 Å². The van der Waals surface area contributed by atoms with Gasteiger partial charge in [0.1, 0.15) is 0 Å². The average molecular weight is 344 g/mol. The number of benzene rings is 1. The lowest BCUT2D eigenvalue weighted by atomic mass is 10.00. The molecule has 2 N–H and O–H groups in total. The number of hydrogen-bond donors (Lipinski definition) is 2. The molecule has 6 nitrogen and oxygen atoms in total. The number of nitrogens with zero attached hydrogens (tertiary/aromatic N) is 2. The van der Waals surface area contributed by atoms with Crippen LogP contribution < -0.4 is 10.6 Å². The van der Waals surface area contributed by atoms with Crippen LogP contribution in [0.25, 0.3) is 0 Å². The zero-order chi connectivity index (χ0) is 17.6. The molecule has 1 aromatic rings. The molecule has 0 aliphatic carbocycles. The first-order valence-electron chi connectivity index (χ1n) is 9.21. The van der Waals surface area contributed by atoms with Gasteiger partial charge in [-0.25, -0.2) is 4.79 Å². The zero-order valence-electron chi connectivity index (χ0n) is 15.0. The fourth-order valence-corrected chi connectivity index (χ4v) is 3.65. The third-order valence-corrected chi connectivity index (χ3v) is 5.29. The summed E-state index contributed by atoms with van der Waals surface area (Å²) < 4.78 is 0. The standard InChI is InChI=1S/C19H28N4O2/c1-22(17-7-4-10-20-11-8-17)19(25)21-13-18(24)23-12-9-15-5-2-3-6-16(15)14-23/h2-3,5-6,17,20H,4,7-14H2,1H3,(H,21,25). The summed E-state index contributed by atoms with van der Waals surface area (Å²) in [7, 11) is 1.83. The van der Waals surface area contributed by atoms with Gasteiger partial charge in [-0.1, -0.05) is 24.3 Å². The summed E-state index contributed by atoms with van der Waals surface area (Å²) >= 11 is 0. The van der Waals surface area contributed by atoms with E-state index >= 15 is 0 Å². The molecular formula is C19H28N4O2. The predicted molar refractivity (Wildman–Crippen MR) is 97.2 cm³/mol. The van der Waals surface area contributed by atoms with Crippen molar-refractivity contribution in [3.05, 3.63) is 35.4 Å². The number of rotatable bonds is 3. The number of urea groups is 1. The van der Waals surface area contributed by atoms with Crippen LogP contribution in [0.1, 0.15) is 30.4 Å². The summed E-state index contributed by atoms with van der Waals surface area (Å²) in [6.45, 7) is 3.37. The summed E-state index contributed by atoms with van der Waals surface area (Å²) in [4.78, 5) is 28.4. The van der Waals surface area contributed by atoms with Gasteiger partial charge < -0.3 is 20.4 Å². The van der Waals surface area contributed by atoms with Crippen LogP contribution >= 0.6 is 0 Å². The largest absolute Gasteiger partial charge is 0.336 e. The summed E-state index contributed by atoms with van der Waals surface area (Å²) in [6.07, 6.45) is 3.92. The maximum Gasteiger partial charge on any atom is 0.317 e. The van der Waals surface area contributed by atoms with Crippen molar-refractivity contribution in [2.75, 3.05) is 33.2 Å². The molecule has 25 heavy (non-hydrogen) atoms. The van der Waals surface area contributed by atoms with E-state index in [2.05, 4.69) is 22.8 Å². The monoisotopic (exact) mass is 344 g/mol. The fourth-order valence-electron chi connectivity index (χ4n) is 3.65. The number of fused-ring (bicyclic) bond motifs is 1. The zero-order valence-corrected chi connectivity index (χ0v) is 15.0. The Morgan fingerprint density at radius 1 is 1.24 bits per heavy atom. The van der Waals surface area contributed by atoms with Crippen molar-refractivity contribution in [2.24, 2.45) is 0 Å². The van der Waals surface area contributed by atoms with E-state index in [9.17, 15) is 9.59 Å². The molecule has 0 bridgehead atoms. The van der Waals surface area contributed by atoms with Crippen molar-refractivity contribution in [3.63, 3.8) is 0 Å². The van der Waals surface area contributed by atoms with E-state index < -0.39 is 0 Å². The molecule has 1 fully saturated rings. The second kappa shape index (κ2) is 8.34. The quantitative estimate of drug-likeness (QED) is 0.870. The van der Waals surface area contributed by atoms with Gasteiger partial charge >= 0.3 is 6.03 Å². The van der Waals surface area contributed by atoms with Crippen LogP contribution in [0.4, 0.5) is 4.79 Å². The van der Waals surface area contributed by atoms with Gasteiger partial charge in [0.25, 0.3) is 0 Å². The molecule has 3 amide bonds. The SMILES string of the molecule is CN(C(=O)NCC(=O)N1CCc2ccccc2C1)C1CCCNCC1. The second-order valence-electron chi connectivity index (χ2n) is 6.94. The van der Waals surface area contributed by atoms with Crippen LogP contribution in [0, 0.1) is 0 Å². The molecule has 3 rings (SSSR count). The number of nitrogens with one attached hydrogen (secondary N) is 2. The van der Waals surface area contributed by atoms with Crippen LogP contribution in [-0.2, 0) is 17.8 Å². The Kier molecular flexibility index (Phi) is 5.91. The van der Waals surface area contributed by atoms with E-state index in [4.69, 9.17) is 0 Å². The summed E-state index contributed by atoms with van der Waals surface area (Å²) in [5.74, 6) is -0.0150. The first kappa shape index (κ1) is 17.7. The van der Waals surface area contributed by atoms with Crippen molar-refractivity contribution >= 4 is 11.9 Å². The van der Waals surface area contributed by atoms with E-state index in [1.54, 1.807) is 4.90 Å². The van der Waals surface area contributed by atoms with Gasteiger partial charge in [0.05, 0.1) is 6.54 Å². The Labute approximate surface area is 149 Å². The first-order valence-corrected chi connectivity index (χ1v) is 9.21. The third kappa shape index (κ3) is 4.51. The van der Waals surface area contributed by atoms with Gasteiger partial charge in [-0.2, -0.15) is 0 Å². The van der Waals surface area contributed by atoms with E-state index in [1.165, 1.54) is 11.1 Å². The van der Waals surface area contributed by atoms with E-state index in [-0.39, 0.29) is 24.5 Å². The highest BCUT2D eigenvalue weighted by Crippen LogP contribution is 2.18. The normalized spacial score (nSPS) is 20.4. The average Bonchev–Trinajstić information content (AvgIpc) is 2.94. The van der Waals surface area contributed by atoms with Crippen molar-refractivity contribution in [1.82, 2.24) is 20.4 Å². The van der Waals surface area contributed by atoms with E-state index in [1.807, 2.05) is 24.1 Å².